The quantitative estimate of drug-likeness (QED) is 0.386. The third kappa shape index (κ3) is 2.10. The van der Waals surface area contributed by atoms with Gasteiger partial charge in [-0.1, -0.05) is 0 Å². The van der Waals surface area contributed by atoms with E-state index in [1.165, 1.54) is 16.4 Å². The first-order valence-corrected chi connectivity index (χ1v) is 8.17. The molecule has 7 heteroatoms. The fourth-order valence-corrected chi connectivity index (χ4v) is 4.66. The van der Waals surface area contributed by atoms with Gasteiger partial charge in [0.05, 0.1) is 0 Å². The molecule has 2 aromatic heterocycles. The van der Waals surface area contributed by atoms with Gasteiger partial charge in [0.1, 0.15) is 0 Å². The summed E-state index contributed by atoms with van der Waals surface area (Å²) in [5.74, 6) is 0.120. The van der Waals surface area contributed by atoms with Crippen LogP contribution in [0.4, 0.5) is 4.39 Å². The second-order valence-corrected chi connectivity index (χ2v) is 6.89. The average molecular weight is 361 g/mol. The van der Waals surface area contributed by atoms with Crippen LogP contribution < -0.4 is 0 Å². The van der Waals surface area contributed by atoms with E-state index in [9.17, 15) is 4.39 Å². The molecule has 4 nitrogen and oxygen atoms in total. The van der Waals surface area contributed by atoms with Gasteiger partial charge in [0.25, 0.3) is 0 Å². The van der Waals surface area contributed by atoms with Crippen LogP contribution >= 0.6 is 12.2 Å². The molecule has 0 atom stereocenters. The predicted octanol–water partition coefficient (Wildman–Crippen LogP) is 2.89. The Labute approximate surface area is 129 Å². The summed E-state index contributed by atoms with van der Waals surface area (Å²) in [7, 11) is 0. The third-order valence-electron chi connectivity index (χ3n) is 3.08. The number of nitrogens with zero attached hydrogens (tertiary/aromatic N) is 4. The number of aromatic nitrogens is 4. The molecule has 0 unspecified atom stereocenters. The Morgan fingerprint density at radius 2 is 1.90 bits per heavy atom. The molecule has 0 fully saturated rings. The van der Waals surface area contributed by atoms with Crippen LogP contribution in [0.1, 0.15) is 0 Å². The summed E-state index contributed by atoms with van der Waals surface area (Å²) < 4.78 is 17.0. The molecular formula is C14H7FN4SSe. The number of hydrogen-bond acceptors (Lipinski definition) is 4. The van der Waals surface area contributed by atoms with Crippen LogP contribution in [0.3, 0.4) is 0 Å². The van der Waals surface area contributed by atoms with Gasteiger partial charge >= 0.3 is 130 Å². The second-order valence-electron chi connectivity index (χ2n) is 4.43. The van der Waals surface area contributed by atoms with Crippen LogP contribution in [0.5, 0.6) is 0 Å². The summed E-state index contributed by atoms with van der Waals surface area (Å²) in [6, 6.07) is 12.3. The van der Waals surface area contributed by atoms with E-state index < -0.39 is 0 Å². The SMILES string of the molecule is Fc1ccc2nc(-n3[se]c4ccccc4c3=S)nnc2c1. The van der Waals surface area contributed by atoms with Crippen molar-refractivity contribution in [1.82, 2.24) is 18.7 Å². The van der Waals surface area contributed by atoms with Crippen molar-refractivity contribution in [2.75, 3.05) is 0 Å². The third-order valence-corrected chi connectivity index (χ3v) is 6.01. The molecule has 102 valence electrons. The molecular weight excluding hydrogens is 354 g/mol. The zero-order valence-corrected chi connectivity index (χ0v) is 13.1. The molecule has 2 heterocycles. The molecule has 4 aromatic rings. The van der Waals surface area contributed by atoms with Gasteiger partial charge in [-0.25, -0.2) is 0 Å². The molecule has 2 aromatic carbocycles. The summed E-state index contributed by atoms with van der Waals surface area (Å²) in [6.07, 6.45) is 0. The fourth-order valence-electron chi connectivity index (χ4n) is 2.09. The summed E-state index contributed by atoms with van der Waals surface area (Å²) in [5, 5.41) is 9.18. The van der Waals surface area contributed by atoms with Gasteiger partial charge in [0.15, 0.2) is 0 Å². The summed E-state index contributed by atoms with van der Waals surface area (Å²) in [6.45, 7) is 0. The van der Waals surface area contributed by atoms with Gasteiger partial charge in [-0.15, -0.1) is 0 Å². The minimum atomic E-state index is -0.348. The summed E-state index contributed by atoms with van der Waals surface area (Å²) in [5.41, 5.74) is 1.05. The maximum atomic E-state index is 13.2. The van der Waals surface area contributed by atoms with Crippen molar-refractivity contribution >= 4 is 47.6 Å². The maximum absolute atomic E-state index is 13.2. The predicted molar refractivity (Wildman–Crippen MR) is 81.9 cm³/mol. The van der Waals surface area contributed by atoms with Gasteiger partial charge in [0.2, 0.25) is 0 Å². The molecule has 0 saturated heterocycles. The molecule has 0 amide bonds. The van der Waals surface area contributed by atoms with Crippen LogP contribution in [0.25, 0.3) is 26.6 Å². The molecule has 0 bridgehead atoms. The molecule has 0 aliphatic heterocycles. The first kappa shape index (κ1) is 12.8. The van der Waals surface area contributed by atoms with Gasteiger partial charge in [-0.05, 0) is 0 Å². The molecule has 0 N–H and O–H groups in total. The number of benzene rings is 2. The zero-order valence-electron chi connectivity index (χ0n) is 10.5. The molecule has 21 heavy (non-hydrogen) atoms. The average Bonchev–Trinajstić information content (AvgIpc) is 2.84. The Bertz CT molecular complexity index is 1040. The van der Waals surface area contributed by atoms with Crippen LogP contribution in [-0.2, 0) is 0 Å². The number of rotatable bonds is 1. The first-order chi connectivity index (χ1) is 10.2. The van der Waals surface area contributed by atoms with E-state index in [1.807, 2.05) is 21.8 Å². The molecule has 0 aliphatic rings. The van der Waals surface area contributed by atoms with Crippen LogP contribution in [0.2, 0.25) is 0 Å². The summed E-state index contributed by atoms with van der Waals surface area (Å²) in [4.78, 5) is 4.45. The van der Waals surface area contributed by atoms with E-state index in [-0.39, 0.29) is 20.5 Å². The van der Waals surface area contributed by atoms with E-state index in [2.05, 4.69) is 21.2 Å². The Morgan fingerprint density at radius 3 is 2.76 bits per heavy atom. The van der Waals surface area contributed by atoms with Gasteiger partial charge in [0, 0.05) is 0 Å². The first-order valence-electron chi connectivity index (χ1n) is 6.14. The van der Waals surface area contributed by atoms with Gasteiger partial charge < -0.3 is 0 Å². The van der Waals surface area contributed by atoms with Crippen molar-refractivity contribution in [3.63, 3.8) is 0 Å². The van der Waals surface area contributed by atoms with Crippen molar-refractivity contribution in [2.45, 2.75) is 0 Å². The Balaban J connectivity index is 1.98. The molecule has 0 spiro atoms. The number of halogens is 1. The van der Waals surface area contributed by atoms with E-state index in [1.54, 1.807) is 6.07 Å². The normalized spacial score (nSPS) is 11.3. The van der Waals surface area contributed by atoms with E-state index in [0.717, 1.165) is 5.39 Å². The van der Waals surface area contributed by atoms with Crippen LogP contribution in [-0.4, -0.2) is 33.5 Å². The van der Waals surface area contributed by atoms with Crippen molar-refractivity contribution in [2.24, 2.45) is 0 Å². The standard InChI is InChI=1S/C14H7FN4SSe/c15-8-5-6-10-11(7-8)17-18-14(16-10)19-13(20)9-3-1-2-4-12(9)21-19/h1-7H. The zero-order chi connectivity index (χ0) is 14.4. The topological polar surface area (TPSA) is 43.6 Å². The van der Waals surface area contributed by atoms with Crippen molar-refractivity contribution in [3.8, 4) is 5.95 Å². The second kappa shape index (κ2) is 4.80. The Kier molecular flexibility index (Phi) is 2.92. The Morgan fingerprint density at radius 1 is 1.05 bits per heavy atom. The molecule has 0 radical (unpaired) electrons. The monoisotopic (exact) mass is 362 g/mol. The van der Waals surface area contributed by atoms with Gasteiger partial charge in [-0.3, -0.25) is 0 Å². The number of fused-ring (bicyclic) bond motifs is 2. The van der Waals surface area contributed by atoms with Gasteiger partial charge in [-0.2, -0.15) is 0 Å². The van der Waals surface area contributed by atoms with Crippen LogP contribution in [0.15, 0.2) is 42.5 Å². The van der Waals surface area contributed by atoms with Crippen molar-refractivity contribution in [3.05, 3.63) is 52.9 Å². The minimum absolute atomic E-state index is 0.00304. The fraction of sp³-hybridized carbons (Fsp3) is 0. The van der Waals surface area contributed by atoms with E-state index in [4.69, 9.17) is 12.2 Å². The molecule has 0 aliphatic carbocycles. The summed E-state index contributed by atoms with van der Waals surface area (Å²) >= 11 is 5.50. The Hall–Kier alpha value is -1.95. The number of hydrogen-bond donors (Lipinski definition) is 0. The van der Waals surface area contributed by atoms with E-state index >= 15 is 0 Å². The van der Waals surface area contributed by atoms with Crippen molar-refractivity contribution < 1.29 is 4.39 Å². The van der Waals surface area contributed by atoms with Crippen LogP contribution in [0, 0.1) is 10.5 Å². The van der Waals surface area contributed by atoms with Crippen molar-refractivity contribution in [1.29, 1.82) is 0 Å². The molecule has 4 rings (SSSR count). The molecule has 0 saturated carbocycles. The van der Waals surface area contributed by atoms with E-state index in [0.29, 0.717) is 21.6 Å².